The van der Waals surface area contributed by atoms with Gasteiger partial charge in [-0.2, -0.15) is 18.4 Å². The second kappa shape index (κ2) is 7.31. The largest absolute Gasteiger partial charge is 0.511 e. The maximum Gasteiger partial charge on any atom is 0.416 e. The second-order valence-electron chi connectivity index (χ2n) is 4.33. The number of nitriles is 1. The SMILES string of the molecule is C=CCC(O)=C(C#N)CC(=O)Nc1ccc(C(F)(F)F)cc1. The minimum atomic E-state index is -4.45. The molecule has 2 N–H and O–H groups in total. The quantitative estimate of drug-likeness (QED) is 0.491. The van der Waals surface area contributed by atoms with Gasteiger partial charge < -0.3 is 10.4 Å². The van der Waals surface area contributed by atoms with E-state index in [9.17, 15) is 23.1 Å². The zero-order valence-corrected chi connectivity index (χ0v) is 11.4. The first kappa shape index (κ1) is 17.3. The van der Waals surface area contributed by atoms with Crippen molar-refractivity contribution < 1.29 is 23.1 Å². The number of anilines is 1. The summed E-state index contributed by atoms with van der Waals surface area (Å²) in [6.45, 7) is 3.40. The van der Waals surface area contributed by atoms with Crippen LogP contribution >= 0.6 is 0 Å². The summed E-state index contributed by atoms with van der Waals surface area (Å²) >= 11 is 0. The van der Waals surface area contributed by atoms with Crippen LogP contribution in [0, 0.1) is 11.3 Å². The number of allylic oxidation sites excluding steroid dienone is 1. The molecule has 1 rings (SSSR count). The minimum absolute atomic E-state index is 0.0520. The zero-order chi connectivity index (χ0) is 16.8. The Morgan fingerprint density at radius 3 is 2.41 bits per heavy atom. The molecule has 0 saturated heterocycles. The van der Waals surface area contributed by atoms with Gasteiger partial charge in [-0.05, 0) is 24.3 Å². The van der Waals surface area contributed by atoms with Crippen LogP contribution in [0.1, 0.15) is 18.4 Å². The van der Waals surface area contributed by atoms with Crippen molar-refractivity contribution in [2.75, 3.05) is 5.32 Å². The normalized spacial score (nSPS) is 12.1. The first-order valence-electron chi connectivity index (χ1n) is 6.17. The van der Waals surface area contributed by atoms with Crippen LogP contribution in [-0.2, 0) is 11.0 Å². The number of benzene rings is 1. The van der Waals surface area contributed by atoms with Crippen LogP contribution in [-0.4, -0.2) is 11.0 Å². The summed E-state index contributed by atoms with van der Waals surface area (Å²) in [6.07, 6.45) is -3.40. The number of aliphatic hydroxyl groups excluding tert-OH is 1. The fraction of sp³-hybridized carbons (Fsp3) is 0.200. The number of amides is 1. The molecule has 0 aliphatic heterocycles. The number of hydrogen-bond acceptors (Lipinski definition) is 3. The van der Waals surface area contributed by atoms with Crippen LogP contribution < -0.4 is 5.32 Å². The predicted octanol–water partition coefficient (Wildman–Crippen LogP) is 3.95. The van der Waals surface area contributed by atoms with E-state index in [2.05, 4.69) is 11.9 Å². The third-order valence-electron chi connectivity index (χ3n) is 2.65. The molecule has 0 aliphatic rings. The molecule has 0 aromatic heterocycles. The van der Waals surface area contributed by atoms with Crippen LogP contribution in [0.5, 0.6) is 0 Å². The average molecular weight is 310 g/mol. The van der Waals surface area contributed by atoms with Gasteiger partial charge in [-0.15, -0.1) is 6.58 Å². The van der Waals surface area contributed by atoms with Crippen LogP contribution in [0.15, 0.2) is 48.3 Å². The summed E-state index contributed by atoms with van der Waals surface area (Å²) < 4.78 is 37.2. The number of carbonyl (C=O) groups excluding carboxylic acids is 1. The summed E-state index contributed by atoms with van der Waals surface area (Å²) in [5, 5.41) is 20.7. The number of nitrogens with one attached hydrogen (secondary N) is 1. The second-order valence-corrected chi connectivity index (χ2v) is 4.33. The van der Waals surface area contributed by atoms with E-state index in [1.165, 1.54) is 6.08 Å². The third kappa shape index (κ3) is 4.98. The van der Waals surface area contributed by atoms with E-state index in [0.717, 1.165) is 24.3 Å². The molecule has 116 valence electrons. The third-order valence-corrected chi connectivity index (χ3v) is 2.65. The van der Waals surface area contributed by atoms with Gasteiger partial charge in [-0.1, -0.05) is 6.08 Å². The van der Waals surface area contributed by atoms with E-state index in [1.807, 2.05) is 0 Å². The van der Waals surface area contributed by atoms with Crippen molar-refractivity contribution in [3.63, 3.8) is 0 Å². The number of aliphatic hydroxyl groups is 1. The standard InChI is InChI=1S/C15H13F3N2O2/c1-2-3-13(21)10(9-19)8-14(22)20-12-6-4-11(5-7-12)15(16,17)18/h2,4-7,21H,1,3,8H2,(H,20,22). The molecule has 1 amide bonds. The summed E-state index contributed by atoms with van der Waals surface area (Å²) in [4.78, 5) is 11.7. The van der Waals surface area contributed by atoms with Gasteiger partial charge in [-0.3, -0.25) is 4.79 Å². The molecule has 0 spiro atoms. The Balaban J connectivity index is 2.75. The van der Waals surface area contributed by atoms with Crippen LogP contribution in [0.3, 0.4) is 0 Å². The Kier molecular flexibility index (Phi) is 5.75. The van der Waals surface area contributed by atoms with Gasteiger partial charge in [-0.25, -0.2) is 0 Å². The lowest BCUT2D eigenvalue weighted by atomic mass is 10.1. The fourth-order valence-corrected chi connectivity index (χ4v) is 1.57. The highest BCUT2D eigenvalue weighted by atomic mass is 19.4. The van der Waals surface area contributed by atoms with E-state index in [-0.39, 0.29) is 29.9 Å². The van der Waals surface area contributed by atoms with Gasteiger partial charge in [0.2, 0.25) is 5.91 Å². The number of carbonyl (C=O) groups is 1. The Morgan fingerprint density at radius 1 is 1.36 bits per heavy atom. The van der Waals surface area contributed by atoms with Crippen LogP contribution in [0.2, 0.25) is 0 Å². The zero-order valence-electron chi connectivity index (χ0n) is 11.4. The van der Waals surface area contributed by atoms with Crippen molar-refractivity contribution >= 4 is 11.6 Å². The maximum absolute atomic E-state index is 12.4. The predicted molar refractivity (Wildman–Crippen MR) is 74.8 cm³/mol. The first-order valence-corrected chi connectivity index (χ1v) is 6.17. The molecule has 1 aromatic rings. The first-order chi connectivity index (χ1) is 10.3. The van der Waals surface area contributed by atoms with Gasteiger partial charge >= 0.3 is 6.18 Å². The molecule has 0 fully saturated rings. The molecule has 0 unspecified atom stereocenters. The monoisotopic (exact) mass is 310 g/mol. The number of hydrogen-bond donors (Lipinski definition) is 2. The van der Waals surface area contributed by atoms with E-state index in [0.29, 0.717) is 0 Å². The molecular formula is C15H13F3N2O2. The van der Waals surface area contributed by atoms with Crippen molar-refractivity contribution in [2.24, 2.45) is 0 Å². The molecule has 4 nitrogen and oxygen atoms in total. The van der Waals surface area contributed by atoms with Crippen LogP contribution in [0.4, 0.5) is 18.9 Å². The average Bonchev–Trinajstić information content (AvgIpc) is 2.44. The molecular weight excluding hydrogens is 297 g/mol. The Labute approximate surface area is 125 Å². The Hall–Kier alpha value is -2.75. The van der Waals surface area contributed by atoms with Gasteiger partial charge in [0, 0.05) is 12.1 Å². The molecule has 7 heteroatoms. The van der Waals surface area contributed by atoms with Gasteiger partial charge in [0.05, 0.1) is 23.6 Å². The van der Waals surface area contributed by atoms with Gasteiger partial charge in [0.15, 0.2) is 0 Å². The molecule has 0 bridgehead atoms. The molecule has 1 aromatic carbocycles. The highest BCUT2D eigenvalue weighted by Crippen LogP contribution is 2.29. The topological polar surface area (TPSA) is 73.1 Å². The minimum Gasteiger partial charge on any atom is -0.511 e. The van der Waals surface area contributed by atoms with Crippen molar-refractivity contribution in [3.8, 4) is 6.07 Å². The molecule has 22 heavy (non-hydrogen) atoms. The molecule has 0 heterocycles. The van der Waals surface area contributed by atoms with Crippen molar-refractivity contribution in [3.05, 3.63) is 53.8 Å². The summed E-state index contributed by atoms with van der Waals surface area (Å²) in [6, 6.07) is 5.61. The Bertz CT molecular complexity index is 626. The lowest BCUT2D eigenvalue weighted by molar-refractivity contribution is -0.137. The van der Waals surface area contributed by atoms with E-state index >= 15 is 0 Å². The van der Waals surface area contributed by atoms with Crippen molar-refractivity contribution in [1.29, 1.82) is 5.26 Å². The number of alkyl halides is 3. The highest BCUT2D eigenvalue weighted by Gasteiger charge is 2.29. The fourth-order valence-electron chi connectivity index (χ4n) is 1.57. The van der Waals surface area contributed by atoms with Gasteiger partial charge in [0.25, 0.3) is 0 Å². The highest BCUT2D eigenvalue weighted by molar-refractivity contribution is 5.92. The van der Waals surface area contributed by atoms with Crippen molar-refractivity contribution in [2.45, 2.75) is 19.0 Å². The van der Waals surface area contributed by atoms with E-state index < -0.39 is 17.6 Å². The summed E-state index contributed by atoms with van der Waals surface area (Å²) in [5.74, 6) is -0.882. The van der Waals surface area contributed by atoms with E-state index in [4.69, 9.17) is 5.26 Å². The molecule has 0 aliphatic carbocycles. The number of rotatable bonds is 5. The molecule has 0 atom stereocenters. The Morgan fingerprint density at radius 2 is 1.95 bits per heavy atom. The smallest absolute Gasteiger partial charge is 0.416 e. The number of nitrogens with zero attached hydrogens (tertiary/aromatic N) is 1. The summed E-state index contributed by atoms with van der Waals surface area (Å²) in [7, 11) is 0. The lowest BCUT2D eigenvalue weighted by Gasteiger charge is -2.09. The van der Waals surface area contributed by atoms with Gasteiger partial charge in [0.1, 0.15) is 5.76 Å². The molecule has 0 radical (unpaired) electrons. The maximum atomic E-state index is 12.4. The van der Waals surface area contributed by atoms with Crippen molar-refractivity contribution in [1.82, 2.24) is 0 Å². The molecule has 0 saturated carbocycles. The summed E-state index contributed by atoms with van der Waals surface area (Å²) in [5.41, 5.74) is -0.783. The number of halogens is 3. The lowest BCUT2D eigenvalue weighted by Crippen LogP contribution is -2.13. The van der Waals surface area contributed by atoms with E-state index in [1.54, 1.807) is 6.07 Å². The van der Waals surface area contributed by atoms with Crippen LogP contribution in [0.25, 0.3) is 0 Å².